The van der Waals surface area contributed by atoms with E-state index in [1.165, 1.54) is 60.1 Å². The van der Waals surface area contributed by atoms with Crippen LogP contribution >= 0.6 is 0 Å². The molecule has 0 amide bonds. The maximum Gasteiger partial charge on any atom is 0.0464 e. The Labute approximate surface area is 115 Å². The van der Waals surface area contributed by atoms with Gasteiger partial charge < -0.3 is 10.3 Å². The summed E-state index contributed by atoms with van der Waals surface area (Å²) in [7, 11) is 0. The van der Waals surface area contributed by atoms with Crippen molar-refractivity contribution < 1.29 is 0 Å². The summed E-state index contributed by atoms with van der Waals surface area (Å²) in [6.45, 7) is 9.01. The Hall–Kier alpha value is -1.28. The zero-order valence-corrected chi connectivity index (χ0v) is 12.3. The molecule has 19 heavy (non-hydrogen) atoms. The standard InChI is InChI=1S/C17H24N2/c1-11-7-12(2)17-15(13(3)19-16(17)8-11)9-14-5-4-6-18-10-14/h7-8,14,18-19H,4-6,9-10H2,1-3H3. The second-order valence-electron chi connectivity index (χ2n) is 6.15. The Kier molecular flexibility index (Phi) is 3.36. The van der Waals surface area contributed by atoms with E-state index >= 15 is 0 Å². The van der Waals surface area contributed by atoms with Crippen molar-refractivity contribution in [3.63, 3.8) is 0 Å². The van der Waals surface area contributed by atoms with Gasteiger partial charge in [0.05, 0.1) is 0 Å². The highest BCUT2D eigenvalue weighted by molar-refractivity contribution is 5.88. The van der Waals surface area contributed by atoms with Crippen molar-refractivity contribution in [1.82, 2.24) is 10.3 Å². The number of aryl methyl sites for hydroxylation is 3. The number of hydrogen-bond acceptors (Lipinski definition) is 1. The van der Waals surface area contributed by atoms with Gasteiger partial charge in [0.15, 0.2) is 0 Å². The van der Waals surface area contributed by atoms with Crippen molar-refractivity contribution >= 4 is 10.9 Å². The van der Waals surface area contributed by atoms with Crippen LogP contribution in [0.1, 0.15) is 35.2 Å². The highest BCUT2D eigenvalue weighted by atomic mass is 14.9. The third-order valence-corrected chi connectivity index (χ3v) is 4.45. The lowest BCUT2D eigenvalue weighted by Crippen LogP contribution is -2.30. The second-order valence-corrected chi connectivity index (χ2v) is 6.15. The van der Waals surface area contributed by atoms with Gasteiger partial charge in [-0.1, -0.05) is 6.07 Å². The van der Waals surface area contributed by atoms with E-state index in [1.807, 2.05) is 0 Å². The molecule has 1 aliphatic heterocycles. The molecule has 1 aliphatic rings. The van der Waals surface area contributed by atoms with E-state index in [4.69, 9.17) is 0 Å². The Morgan fingerprint density at radius 2 is 2.05 bits per heavy atom. The van der Waals surface area contributed by atoms with Crippen LogP contribution in [-0.2, 0) is 6.42 Å². The Bertz CT molecular complexity index is 589. The molecule has 2 N–H and O–H groups in total. The summed E-state index contributed by atoms with van der Waals surface area (Å²) in [5.74, 6) is 0.798. The Morgan fingerprint density at radius 3 is 2.79 bits per heavy atom. The van der Waals surface area contributed by atoms with Crippen molar-refractivity contribution in [2.24, 2.45) is 5.92 Å². The van der Waals surface area contributed by atoms with E-state index in [0.29, 0.717) is 0 Å². The summed E-state index contributed by atoms with van der Waals surface area (Å²) >= 11 is 0. The average molecular weight is 256 g/mol. The van der Waals surface area contributed by atoms with Gasteiger partial charge in [-0.3, -0.25) is 0 Å². The minimum atomic E-state index is 0.798. The summed E-state index contributed by atoms with van der Waals surface area (Å²) in [6, 6.07) is 4.58. The predicted molar refractivity (Wildman–Crippen MR) is 81.8 cm³/mol. The zero-order valence-electron chi connectivity index (χ0n) is 12.3. The SMILES string of the molecule is Cc1cc(C)c2c(CC3CCCNC3)c(C)[nH]c2c1. The van der Waals surface area contributed by atoms with Gasteiger partial charge in [-0.05, 0) is 81.8 Å². The fourth-order valence-electron chi connectivity index (χ4n) is 3.57. The number of hydrogen-bond donors (Lipinski definition) is 2. The molecule has 3 rings (SSSR count). The topological polar surface area (TPSA) is 27.8 Å². The van der Waals surface area contributed by atoms with Crippen molar-refractivity contribution in [1.29, 1.82) is 0 Å². The molecule has 0 bridgehead atoms. The molecule has 0 saturated carbocycles. The van der Waals surface area contributed by atoms with Crippen LogP contribution in [-0.4, -0.2) is 18.1 Å². The van der Waals surface area contributed by atoms with Crippen molar-refractivity contribution in [3.8, 4) is 0 Å². The highest BCUT2D eigenvalue weighted by Crippen LogP contribution is 2.30. The minimum absolute atomic E-state index is 0.798. The van der Waals surface area contributed by atoms with Crippen molar-refractivity contribution in [2.45, 2.75) is 40.0 Å². The Balaban J connectivity index is 2.00. The lowest BCUT2D eigenvalue weighted by molar-refractivity contribution is 0.376. The van der Waals surface area contributed by atoms with Gasteiger partial charge in [-0.2, -0.15) is 0 Å². The molecule has 2 heteroatoms. The fourth-order valence-corrected chi connectivity index (χ4v) is 3.57. The van der Waals surface area contributed by atoms with Crippen LogP contribution < -0.4 is 5.32 Å². The molecule has 1 saturated heterocycles. The first kappa shape index (κ1) is 12.7. The molecular formula is C17H24N2. The van der Waals surface area contributed by atoms with Gasteiger partial charge in [0.2, 0.25) is 0 Å². The van der Waals surface area contributed by atoms with E-state index in [2.05, 4.69) is 43.2 Å². The largest absolute Gasteiger partial charge is 0.358 e. The van der Waals surface area contributed by atoms with Crippen LogP contribution in [0, 0.1) is 26.7 Å². The molecule has 102 valence electrons. The summed E-state index contributed by atoms with van der Waals surface area (Å²) in [5.41, 5.74) is 6.97. The molecule has 2 heterocycles. The van der Waals surface area contributed by atoms with E-state index in [-0.39, 0.29) is 0 Å². The molecule has 2 aromatic rings. The molecule has 0 radical (unpaired) electrons. The number of fused-ring (bicyclic) bond motifs is 1. The number of aromatic nitrogens is 1. The lowest BCUT2D eigenvalue weighted by atomic mass is 9.90. The van der Waals surface area contributed by atoms with Crippen LogP contribution in [0.3, 0.4) is 0 Å². The van der Waals surface area contributed by atoms with Crippen LogP contribution in [0.15, 0.2) is 12.1 Å². The number of aromatic amines is 1. The number of benzene rings is 1. The lowest BCUT2D eigenvalue weighted by Gasteiger charge is -2.23. The Morgan fingerprint density at radius 1 is 1.21 bits per heavy atom. The van der Waals surface area contributed by atoms with Gasteiger partial charge in [-0.25, -0.2) is 0 Å². The summed E-state index contributed by atoms with van der Waals surface area (Å²) < 4.78 is 0. The van der Waals surface area contributed by atoms with Gasteiger partial charge >= 0.3 is 0 Å². The van der Waals surface area contributed by atoms with Gasteiger partial charge in [0, 0.05) is 16.6 Å². The first-order valence-corrected chi connectivity index (χ1v) is 7.44. The number of nitrogens with one attached hydrogen (secondary N) is 2. The predicted octanol–water partition coefficient (Wildman–Crippen LogP) is 3.64. The molecule has 1 aromatic heterocycles. The first-order valence-electron chi connectivity index (χ1n) is 7.44. The van der Waals surface area contributed by atoms with Gasteiger partial charge in [0.1, 0.15) is 0 Å². The van der Waals surface area contributed by atoms with E-state index in [9.17, 15) is 0 Å². The van der Waals surface area contributed by atoms with E-state index in [0.717, 1.165) is 5.92 Å². The molecule has 0 aliphatic carbocycles. The van der Waals surface area contributed by atoms with Crippen LogP contribution in [0.2, 0.25) is 0 Å². The normalized spacial score (nSPS) is 20.1. The van der Waals surface area contributed by atoms with Crippen LogP contribution in [0.5, 0.6) is 0 Å². The van der Waals surface area contributed by atoms with Crippen molar-refractivity contribution in [2.75, 3.05) is 13.1 Å². The molecule has 2 nitrogen and oxygen atoms in total. The quantitative estimate of drug-likeness (QED) is 0.843. The molecule has 1 atom stereocenters. The molecule has 1 aromatic carbocycles. The summed E-state index contributed by atoms with van der Waals surface area (Å²) in [4.78, 5) is 3.58. The summed E-state index contributed by atoms with van der Waals surface area (Å²) in [5, 5.41) is 4.99. The molecular weight excluding hydrogens is 232 g/mol. The van der Waals surface area contributed by atoms with Crippen LogP contribution in [0.25, 0.3) is 10.9 Å². The number of H-pyrrole nitrogens is 1. The van der Waals surface area contributed by atoms with Crippen molar-refractivity contribution in [3.05, 3.63) is 34.5 Å². The highest BCUT2D eigenvalue weighted by Gasteiger charge is 2.18. The second kappa shape index (κ2) is 5.01. The monoisotopic (exact) mass is 256 g/mol. The zero-order chi connectivity index (χ0) is 13.4. The maximum atomic E-state index is 3.58. The smallest absolute Gasteiger partial charge is 0.0464 e. The summed E-state index contributed by atoms with van der Waals surface area (Å²) in [6.07, 6.45) is 3.90. The first-order chi connectivity index (χ1) is 9.15. The third-order valence-electron chi connectivity index (χ3n) is 4.45. The van der Waals surface area contributed by atoms with Gasteiger partial charge in [0.25, 0.3) is 0 Å². The average Bonchev–Trinajstić information content (AvgIpc) is 2.67. The van der Waals surface area contributed by atoms with Gasteiger partial charge in [-0.15, -0.1) is 0 Å². The maximum absolute atomic E-state index is 3.58. The molecule has 0 spiro atoms. The molecule has 1 fully saturated rings. The number of rotatable bonds is 2. The fraction of sp³-hybridized carbons (Fsp3) is 0.529. The minimum Gasteiger partial charge on any atom is -0.358 e. The van der Waals surface area contributed by atoms with Crippen LogP contribution in [0.4, 0.5) is 0 Å². The third kappa shape index (κ3) is 2.42. The number of piperidine rings is 1. The van der Waals surface area contributed by atoms with E-state index < -0.39 is 0 Å². The molecule has 1 unspecified atom stereocenters. The van der Waals surface area contributed by atoms with E-state index in [1.54, 1.807) is 5.56 Å².